The molecule has 0 aliphatic rings. The van der Waals surface area contributed by atoms with Crippen LogP contribution in [0.2, 0.25) is 0 Å². The van der Waals surface area contributed by atoms with Gasteiger partial charge in [-0.05, 0) is 34.7 Å². The maximum Gasteiger partial charge on any atom is 0.0305 e. The molecule has 1 atom stereocenters. The Kier molecular flexibility index (Phi) is 5.55. The van der Waals surface area contributed by atoms with Crippen LogP contribution in [0.25, 0.3) is 0 Å². The van der Waals surface area contributed by atoms with Crippen molar-refractivity contribution in [3.05, 3.63) is 22.4 Å². The van der Waals surface area contributed by atoms with Gasteiger partial charge in [-0.15, -0.1) is 12.4 Å². The lowest BCUT2D eigenvalue weighted by Gasteiger charge is -2.11. The second-order valence-corrected chi connectivity index (χ2v) is 4.07. The molecule has 0 aliphatic heterocycles. The second-order valence-electron chi connectivity index (χ2n) is 3.29. The average Bonchev–Trinajstić information content (AvgIpc) is 2.35. The van der Waals surface area contributed by atoms with Crippen LogP contribution in [0.15, 0.2) is 16.8 Å². The van der Waals surface area contributed by atoms with Crippen molar-refractivity contribution >= 4 is 23.7 Å². The van der Waals surface area contributed by atoms with Crippen molar-refractivity contribution in [2.45, 2.75) is 26.3 Å². The third-order valence-corrected chi connectivity index (χ3v) is 2.40. The lowest BCUT2D eigenvalue weighted by molar-refractivity contribution is 0.511. The van der Waals surface area contributed by atoms with E-state index in [1.807, 2.05) is 0 Å². The zero-order chi connectivity index (χ0) is 8.27. The molecule has 0 radical (unpaired) electrons. The van der Waals surface area contributed by atoms with Gasteiger partial charge in [0.05, 0.1) is 0 Å². The molecule has 2 N–H and O–H groups in total. The van der Waals surface area contributed by atoms with E-state index in [4.69, 9.17) is 5.73 Å². The summed E-state index contributed by atoms with van der Waals surface area (Å²) < 4.78 is 0. The molecule has 1 heterocycles. The number of rotatable bonds is 3. The Labute approximate surface area is 84.4 Å². The van der Waals surface area contributed by atoms with E-state index in [1.54, 1.807) is 11.3 Å². The van der Waals surface area contributed by atoms with Crippen LogP contribution >= 0.6 is 23.7 Å². The standard InChI is InChI=1S/C9H15NS.ClH/c1-7(2)5-9(10)8-3-4-11-6-8;/h3-4,6-7,9H,5,10H2,1-2H3;1H. The molecule has 1 unspecified atom stereocenters. The minimum Gasteiger partial charge on any atom is -0.324 e. The summed E-state index contributed by atoms with van der Waals surface area (Å²) in [6.07, 6.45) is 1.08. The van der Waals surface area contributed by atoms with Crippen LogP contribution in [-0.2, 0) is 0 Å². The molecule has 0 fully saturated rings. The SMILES string of the molecule is CC(C)CC(N)c1ccsc1.Cl. The fraction of sp³-hybridized carbons (Fsp3) is 0.556. The highest BCUT2D eigenvalue weighted by Crippen LogP contribution is 2.20. The third kappa shape index (κ3) is 3.57. The summed E-state index contributed by atoms with van der Waals surface area (Å²) in [5.74, 6) is 0.685. The number of halogens is 1. The van der Waals surface area contributed by atoms with Gasteiger partial charge >= 0.3 is 0 Å². The Morgan fingerprint density at radius 3 is 2.58 bits per heavy atom. The first-order chi connectivity index (χ1) is 5.20. The van der Waals surface area contributed by atoms with Gasteiger partial charge in [0.15, 0.2) is 0 Å². The fourth-order valence-electron chi connectivity index (χ4n) is 1.13. The lowest BCUT2D eigenvalue weighted by Crippen LogP contribution is -2.11. The van der Waals surface area contributed by atoms with Crippen LogP contribution in [0, 0.1) is 5.92 Å². The van der Waals surface area contributed by atoms with Crippen LogP contribution in [0.5, 0.6) is 0 Å². The Bertz CT molecular complexity index is 196. The molecule has 1 aromatic heterocycles. The molecular weight excluding hydrogens is 190 g/mol. The van der Waals surface area contributed by atoms with Crippen molar-refractivity contribution in [2.75, 3.05) is 0 Å². The van der Waals surface area contributed by atoms with E-state index in [0.29, 0.717) is 5.92 Å². The molecule has 1 rings (SSSR count). The Morgan fingerprint density at radius 1 is 1.50 bits per heavy atom. The average molecular weight is 206 g/mol. The quantitative estimate of drug-likeness (QED) is 0.806. The first-order valence-corrected chi connectivity index (χ1v) is 4.92. The highest BCUT2D eigenvalue weighted by atomic mass is 35.5. The lowest BCUT2D eigenvalue weighted by atomic mass is 10.0. The smallest absolute Gasteiger partial charge is 0.0305 e. The van der Waals surface area contributed by atoms with E-state index in [1.165, 1.54) is 5.56 Å². The van der Waals surface area contributed by atoms with E-state index in [-0.39, 0.29) is 18.4 Å². The van der Waals surface area contributed by atoms with E-state index in [0.717, 1.165) is 6.42 Å². The first-order valence-electron chi connectivity index (χ1n) is 3.98. The highest BCUT2D eigenvalue weighted by molar-refractivity contribution is 7.07. The monoisotopic (exact) mass is 205 g/mol. The maximum atomic E-state index is 5.95. The van der Waals surface area contributed by atoms with Gasteiger partial charge in [0, 0.05) is 6.04 Å². The second kappa shape index (κ2) is 5.57. The minimum absolute atomic E-state index is 0. The third-order valence-electron chi connectivity index (χ3n) is 1.70. The first kappa shape index (κ1) is 11.9. The molecule has 1 nitrogen and oxygen atoms in total. The summed E-state index contributed by atoms with van der Waals surface area (Å²) in [6.45, 7) is 4.40. The van der Waals surface area contributed by atoms with E-state index < -0.39 is 0 Å². The molecule has 0 saturated heterocycles. The molecule has 0 saturated carbocycles. The summed E-state index contributed by atoms with van der Waals surface area (Å²) in [4.78, 5) is 0. The topological polar surface area (TPSA) is 26.0 Å². The predicted octanol–water partition coefficient (Wildman–Crippen LogP) is 3.22. The summed E-state index contributed by atoms with van der Waals surface area (Å²) in [5.41, 5.74) is 7.23. The largest absolute Gasteiger partial charge is 0.324 e. The van der Waals surface area contributed by atoms with Crippen molar-refractivity contribution in [1.29, 1.82) is 0 Å². The number of hydrogen-bond donors (Lipinski definition) is 1. The van der Waals surface area contributed by atoms with Gasteiger partial charge in [0.25, 0.3) is 0 Å². The van der Waals surface area contributed by atoms with Crippen molar-refractivity contribution in [3.63, 3.8) is 0 Å². The summed E-state index contributed by atoms with van der Waals surface area (Å²) in [6, 6.07) is 2.35. The van der Waals surface area contributed by atoms with Gasteiger partial charge < -0.3 is 5.73 Å². The molecule has 0 aliphatic carbocycles. The zero-order valence-corrected chi connectivity index (χ0v) is 9.12. The summed E-state index contributed by atoms with van der Waals surface area (Å²) in [7, 11) is 0. The Hall–Kier alpha value is -0.0500. The number of thiophene rings is 1. The molecule has 70 valence electrons. The number of hydrogen-bond acceptors (Lipinski definition) is 2. The Balaban J connectivity index is 0.00000121. The summed E-state index contributed by atoms with van der Waals surface area (Å²) >= 11 is 1.72. The van der Waals surface area contributed by atoms with Crippen molar-refractivity contribution in [3.8, 4) is 0 Å². The number of nitrogens with two attached hydrogens (primary N) is 1. The fourth-order valence-corrected chi connectivity index (χ4v) is 1.85. The summed E-state index contributed by atoms with van der Waals surface area (Å²) in [5, 5.41) is 4.21. The van der Waals surface area contributed by atoms with Crippen molar-refractivity contribution in [2.24, 2.45) is 11.7 Å². The zero-order valence-electron chi connectivity index (χ0n) is 7.49. The Morgan fingerprint density at radius 2 is 2.17 bits per heavy atom. The molecule has 0 amide bonds. The van der Waals surface area contributed by atoms with Crippen LogP contribution in [0.4, 0.5) is 0 Å². The molecule has 0 aromatic carbocycles. The predicted molar refractivity (Wildman–Crippen MR) is 58.0 cm³/mol. The molecule has 12 heavy (non-hydrogen) atoms. The van der Waals surface area contributed by atoms with Crippen LogP contribution in [0.3, 0.4) is 0 Å². The van der Waals surface area contributed by atoms with Crippen LogP contribution < -0.4 is 5.73 Å². The normalized spacial score (nSPS) is 12.7. The molecule has 3 heteroatoms. The molecular formula is C9H16ClNS. The van der Waals surface area contributed by atoms with Gasteiger partial charge in [-0.2, -0.15) is 11.3 Å². The van der Waals surface area contributed by atoms with Crippen LogP contribution in [0.1, 0.15) is 31.9 Å². The van der Waals surface area contributed by atoms with Gasteiger partial charge in [0.1, 0.15) is 0 Å². The highest BCUT2D eigenvalue weighted by Gasteiger charge is 2.07. The van der Waals surface area contributed by atoms with Gasteiger partial charge in [0.2, 0.25) is 0 Å². The van der Waals surface area contributed by atoms with Gasteiger partial charge in [-0.1, -0.05) is 13.8 Å². The molecule has 0 spiro atoms. The van der Waals surface area contributed by atoms with Crippen molar-refractivity contribution < 1.29 is 0 Å². The van der Waals surface area contributed by atoms with Crippen molar-refractivity contribution in [1.82, 2.24) is 0 Å². The van der Waals surface area contributed by atoms with Crippen LogP contribution in [-0.4, -0.2) is 0 Å². The van der Waals surface area contributed by atoms with E-state index >= 15 is 0 Å². The molecule has 1 aromatic rings. The van der Waals surface area contributed by atoms with E-state index in [2.05, 4.69) is 30.7 Å². The minimum atomic E-state index is 0. The van der Waals surface area contributed by atoms with Gasteiger partial charge in [-0.25, -0.2) is 0 Å². The maximum absolute atomic E-state index is 5.95. The molecule has 0 bridgehead atoms. The van der Waals surface area contributed by atoms with E-state index in [9.17, 15) is 0 Å². The van der Waals surface area contributed by atoms with Gasteiger partial charge in [-0.3, -0.25) is 0 Å².